The van der Waals surface area contributed by atoms with Crippen LogP contribution in [-0.2, 0) is 11.2 Å². The maximum absolute atomic E-state index is 11.4. The molecule has 0 heterocycles. The van der Waals surface area contributed by atoms with E-state index in [1.807, 2.05) is 0 Å². The highest BCUT2D eigenvalue weighted by molar-refractivity contribution is 5.96. The van der Waals surface area contributed by atoms with Gasteiger partial charge in [-0.2, -0.15) is 5.26 Å². The number of hydrogen-bond acceptors (Lipinski definition) is 5. The summed E-state index contributed by atoms with van der Waals surface area (Å²) in [7, 11) is 1.11. The van der Waals surface area contributed by atoms with Crippen molar-refractivity contribution in [3.63, 3.8) is 0 Å². The summed E-state index contributed by atoms with van der Waals surface area (Å²) in [6.07, 6.45) is 0.539. The Morgan fingerprint density at radius 2 is 2.24 bits per heavy atom. The number of carbonyl (C=O) groups is 1. The number of esters is 1. The zero-order valence-electron chi connectivity index (χ0n) is 9.39. The van der Waals surface area contributed by atoms with Crippen LogP contribution in [0, 0.1) is 21.4 Å². The number of nitriles is 1. The summed E-state index contributed by atoms with van der Waals surface area (Å²) in [5.41, 5.74) is -0.103. The van der Waals surface area contributed by atoms with Crippen molar-refractivity contribution < 1.29 is 14.5 Å². The molecule has 17 heavy (non-hydrogen) atoms. The zero-order valence-corrected chi connectivity index (χ0v) is 9.39. The second kappa shape index (κ2) is 5.07. The molecule has 0 atom stereocenters. The topological polar surface area (TPSA) is 93.2 Å². The van der Waals surface area contributed by atoms with E-state index in [0.29, 0.717) is 12.0 Å². The van der Waals surface area contributed by atoms with Crippen LogP contribution in [0.15, 0.2) is 12.1 Å². The quantitative estimate of drug-likeness (QED) is 0.451. The molecule has 0 aliphatic carbocycles. The van der Waals surface area contributed by atoms with Gasteiger partial charge in [0, 0.05) is 6.07 Å². The summed E-state index contributed by atoms with van der Waals surface area (Å²) < 4.78 is 4.45. The van der Waals surface area contributed by atoms with Crippen molar-refractivity contribution in [2.45, 2.75) is 13.3 Å². The lowest BCUT2D eigenvalue weighted by Crippen LogP contribution is -2.09. The number of nitro groups is 1. The van der Waals surface area contributed by atoms with Gasteiger partial charge in [0.2, 0.25) is 0 Å². The molecule has 88 valence electrons. The molecule has 0 saturated carbocycles. The third kappa shape index (κ3) is 2.39. The molecule has 0 bridgehead atoms. The Morgan fingerprint density at radius 1 is 1.59 bits per heavy atom. The molecular formula is C11H10N2O4. The van der Waals surface area contributed by atoms with E-state index in [1.165, 1.54) is 12.1 Å². The Bertz CT molecular complexity index is 517. The summed E-state index contributed by atoms with van der Waals surface area (Å²) in [4.78, 5) is 21.6. The molecule has 0 spiro atoms. The monoisotopic (exact) mass is 234 g/mol. The van der Waals surface area contributed by atoms with Crippen molar-refractivity contribution in [2.24, 2.45) is 0 Å². The van der Waals surface area contributed by atoms with Gasteiger partial charge in [-0.15, -0.1) is 0 Å². The van der Waals surface area contributed by atoms with Crippen molar-refractivity contribution in [1.29, 1.82) is 5.26 Å². The van der Waals surface area contributed by atoms with Crippen LogP contribution in [0.25, 0.3) is 0 Å². The molecule has 0 unspecified atom stereocenters. The number of benzene rings is 1. The third-order valence-corrected chi connectivity index (χ3v) is 2.29. The van der Waals surface area contributed by atoms with Gasteiger partial charge in [-0.1, -0.05) is 6.92 Å². The number of aryl methyl sites for hydroxylation is 1. The molecular weight excluding hydrogens is 224 g/mol. The van der Waals surface area contributed by atoms with E-state index >= 15 is 0 Å². The van der Waals surface area contributed by atoms with Gasteiger partial charge >= 0.3 is 5.97 Å². The second-order valence-corrected chi connectivity index (χ2v) is 3.25. The Hall–Kier alpha value is -2.42. The molecule has 0 radical (unpaired) electrons. The van der Waals surface area contributed by atoms with Crippen molar-refractivity contribution in [3.8, 4) is 6.07 Å². The van der Waals surface area contributed by atoms with E-state index in [2.05, 4.69) is 4.74 Å². The molecule has 0 fully saturated rings. The average Bonchev–Trinajstić information content (AvgIpc) is 2.35. The van der Waals surface area contributed by atoms with Crippen molar-refractivity contribution in [1.82, 2.24) is 0 Å². The maximum atomic E-state index is 11.4. The minimum Gasteiger partial charge on any atom is -0.465 e. The fourth-order valence-corrected chi connectivity index (χ4v) is 1.44. The maximum Gasteiger partial charge on any atom is 0.346 e. The minimum atomic E-state index is -0.879. The minimum absolute atomic E-state index is 0.0390. The molecule has 0 aliphatic rings. The predicted octanol–water partition coefficient (Wildman–Crippen LogP) is 1.82. The molecule has 0 saturated heterocycles. The number of ether oxygens (including phenoxy) is 1. The van der Waals surface area contributed by atoms with Crippen LogP contribution < -0.4 is 0 Å². The standard InChI is InChI=1S/C11H10N2O4/c1-3-7-4-8(6-12)10(11(14)17-2)9(5-7)13(15)16/h4-5H,3H2,1-2H3. The smallest absolute Gasteiger partial charge is 0.346 e. The van der Waals surface area contributed by atoms with E-state index in [9.17, 15) is 14.9 Å². The Kier molecular flexibility index (Phi) is 3.78. The lowest BCUT2D eigenvalue weighted by Gasteiger charge is -2.05. The van der Waals surface area contributed by atoms with E-state index in [1.54, 1.807) is 13.0 Å². The number of methoxy groups -OCH3 is 1. The van der Waals surface area contributed by atoms with Crippen LogP contribution in [0.2, 0.25) is 0 Å². The van der Waals surface area contributed by atoms with Crippen molar-refractivity contribution in [2.75, 3.05) is 7.11 Å². The summed E-state index contributed by atoms with van der Waals surface area (Å²) in [6.45, 7) is 1.80. The van der Waals surface area contributed by atoms with Crippen molar-refractivity contribution in [3.05, 3.63) is 38.9 Å². The van der Waals surface area contributed by atoms with Crippen molar-refractivity contribution >= 4 is 11.7 Å². The van der Waals surface area contributed by atoms with Gasteiger partial charge in [-0.25, -0.2) is 4.79 Å². The SMILES string of the molecule is CCc1cc(C#N)c(C(=O)OC)c([N+](=O)[O-])c1. The van der Waals surface area contributed by atoms with Gasteiger partial charge in [-0.05, 0) is 18.1 Å². The summed E-state index contributed by atoms with van der Waals surface area (Å²) in [5, 5.41) is 19.8. The first-order valence-electron chi connectivity index (χ1n) is 4.84. The highest BCUT2D eigenvalue weighted by Gasteiger charge is 2.26. The van der Waals surface area contributed by atoms with Gasteiger partial charge in [0.25, 0.3) is 5.69 Å². The van der Waals surface area contributed by atoms with Crippen LogP contribution in [0.1, 0.15) is 28.4 Å². The molecule has 0 aliphatic heterocycles. The Balaban J connectivity index is 3.59. The number of rotatable bonds is 3. The van der Waals surface area contributed by atoms with Gasteiger partial charge in [0.15, 0.2) is 5.56 Å². The molecule has 6 heteroatoms. The highest BCUT2D eigenvalue weighted by Crippen LogP contribution is 2.25. The van der Waals surface area contributed by atoms with Crippen LogP contribution in [0.4, 0.5) is 5.69 Å². The van der Waals surface area contributed by atoms with Crippen LogP contribution in [0.3, 0.4) is 0 Å². The number of nitro benzene ring substituents is 1. The molecule has 1 aromatic rings. The fourth-order valence-electron chi connectivity index (χ4n) is 1.44. The van der Waals surface area contributed by atoms with Gasteiger partial charge in [0.05, 0.1) is 17.6 Å². The van der Waals surface area contributed by atoms with E-state index in [4.69, 9.17) is 5.26 Å². The number of carbonyl (C=O) groups excluding carboxylic acids is 1. The van der Waals surface area contributed by atoms with Gasteiger partial charge in [-0.3, -0.25) is 10.1 Å². The fraction of sp³-hybridized carbons (Fsp3) is 0.273. The number of nitrogens with zero attached hydrogens (tertiary/aromatic N) is 2. The van der Waals surface area contributed by atoms with Gasteiger partial charge < -0.3 is 4.74 Å². The normalized spacial score (nSPS) is 9.47. The lowest BCUT2D eigenvalue weighted by molar-refractivity contribution is -0.385. The Morgan fingerprint density at radius 3 is 2.65 bits per heavy atom. The Labute approximate surface area is 97.6 Å². The molecule has 0 aromatic heterocycles. The van der Waals surface area contributed by atoms with Crippen LogP contribution in [-0.4, -0.2) is 18.0 Å². The summed E-state index contributed by atoms with van der Waals surface area (Å²) >= 11 is 0. The second-order valence-electron chi connectivity index (χ2n) is 3.25. The highest BCUT2D eigenvalue weighted by atomic mass is 16.6. The summed E-state index contributed by atoms with van der Waals surface area (Å²) in [5.74, 6) is -0.879. The van der Waals surface area contributed by atoms with Crippen LogP contribution in [0.5, 0.6) is 0 Å². The van der Waals surface area contributed by atoms with Crippen LogP contribution >= 0.6 is 0 Å². The molecule has 1 aromatic carbocycles. The third-order valence-electron chi connectivity index (χ3n) is 2.29. The largest absolute Gasteiger partial charge is 0.465 e. The first-order chi connectivity index (χ1) is 8.04. The summed E-state index contributed by atoms with van der Waals surface area (Å²) in [6, 6.07) is 4.52. The molecule has 0 amide bonds. The first kappa shape index (κ1) is 12.6. The number of hydrogen-bond donors (Lipinski definition) is 0. The van der Waals surface area contributed by atoms with Gasteiger partial charge in [0.1, 0.15) is 6.07 Å². The lowest BCUT2D eigenvalue weighted by atomic mass is 10.0. The van der Waals surface area contributed by atoms with E-state index in [0.717, 1.165) is 7.11 Å². The first-order valence-corrected chi connectivity index (χ1v) is 4.84. The molecule has 1 rings (SSSR count). The predicted molar refractivity (Wildman–Crippen MR) is 58.5 cm³/mol. The zero-order chi connectivity index (χ0) is 13.0. The van der Waals surface area contributed by atoms with E-state index < -0.39 is 16.6 Å². The average molecular weight is 234 g/mol. The molecule has 0 N–H and O–H groups in total. The molecule has 6 nitrogen and oxygen atoms in total. The van der Waals surface area contributed by atoms with E-state index in [-0.39, 0.29) is 11.1 Å².